The zero-order valence-electron chi connectivity index (χ0n) is 9.21. The van der Waals surface area contributed by atoms with Crippen molar-refractivity contribution in [2.24, 2.45) is 5.92 Å². The number of rotatable bonds is 10. The van der Waals surface area contributed by atoms with Crippen LogP contribution in [0.5, 0.6) is 0 Å². The van der Waals surface area contributed by atoms with Crippen LogP contribution in [-0.4, -0.2) is 37.4 Å². The van der Waals surface area contributed by atoms with E-state index in [0.717, 1.165) is 45.1 Å². The molecule has 1 aliphatic rings. The maximum absolute atomic E-state index is 10.2. The number of carbonyl (C=O) groups is 1. The first-order chi connectivity index (χ1) is 7.29. The maximum Gasteiger partial charge on any atom is 0.303 e. The molecule has 1 saturated carbocycles. The van der Waals surface area contributed by atoms with Crippen molar-refractivity contribution in [1.29, 1.82) is 0 Å². The van der Waals surface area contributed by atoms with Crippen molar-refractivity contribution in [3.63, 3.8) is 0 Å². The third-order valence-corrected chi connectivity index (χ3v) is 2.47. The Bertz CT molecular complexity index is 181. The number of aliphatic carboxylic acids is 1. The molecule has 0 aliphatic heterocycles. The van der Waals surface area contributed by atoms with Gasteiger partial charge in [0.05, 0.1) is 6.61 Å². The fraction of sp³-hybridized carbons (Fsp3) is 0.909. The van der Waals surface area contributed by atoms with Crippen molar-refractivity contribution >= 4 is 5.97 Å². The molecule has 1 fully saturated rings. The van der Waals surface area contributed by atoms with Gasteiger partial charge in [-0.3, -0.25) is 4.79 Å². The zero-order chi connectivity index (χ0) is 10.9. The maximum atomic E-state index is 10.2. The van der Waals surface area contributed by atoms with E-state index in [1.165, 1.54) is 12.8 Å². The van der Waals surface area contributed by atoms with Gasteiger partial charge in [0.2, 0.25) is 0 Å². The van der Waals surface area contributed by atoms with Gasteiger partial charge in [0.25, 0.3) is 0 Å². The van der Waals surface area contributed by atoms with Gasteiger partial charge in [-0.15, -0.1) is 0 Å². The molecule has 0 unspecified atom stereocenters. The molecule has 0 saturated heterocycles. The first-order valence-electron chi connectivity index (χ1n) is 5.79. The fourth-order valence-electron chi connectivity index (χ4n) is 1.33. The van der Waals surface area contributed by atoms with Crippen LogP contribution in [0, 0.1) is 5.92 Å². The quantitative estimate of drug-likeness (QED) is 0.539. The van der Waals surface area contributed by atoms with Gasteiger partial charge in [0.15, 0.2) is 0 Å². The Morgan fingerprint density at radius 1 is 1.33 bits per heavy atom. The fourth-order valence-corrected chi connectivity index (χ4v) is 1.33. The first-order valence-corrected chi connectivity index (χ1v) is 5.79. The number of hydrogen-bond donors (Lipinski definition) is 2. The van der Waals surface area contributed by atoms with Gasteiger partial charge in [0.1, 0.15) is 0 Å². The molecule has 0 atom stereocenters. The highest BCUT2D eigenvalue weighted by atomic mass is 16.5. The minimum absolute atomic E-state index is 0.278. The molecule has 0 heterocycles. The van der Waals surface area contributed by atoms with Gasteiger partial charge in [-0.2, -0.15) is 0 Å². The summed E-state index contributed by atoms with van der Waals surface area (Å²) in [6, 6.07) is 0. The van der Waals surface area contributed by atoms with Crippen LogP contribution < -0.4 is 5.32 Å². The van der Waals surface area contributed by atoms with Gasteiger partial charge in [-0.1, -0.05) is 0 Å². The summed E-state index contributed by atoms with van der Waals surface area (Å²) in [6.45, 7) is 3.45. The van der Waals surface area contributed by atoms with E-state index in [-0.39, 0.29) is 6.42 Å². The smallest absolute Gasteiger partial charge is 0.303 e. The van der Waals surface area contributed by atoms with Gasteiger partial charge in [-0.25, -0.2) is 0 Å². The van der Waals surface area contributed by atoms with E-state index in [1.54, 1.807) is 0 Å². The Labute approximate surface area is 91.0 Å². The topological polar surface area (TPSA) is 58.6 Å². The Balaban J connectivity index is 1.67. The Morgan fingerprint density at radius 3 is 2.80 bits per heavy atom. The highest BCUT2D eigenvalue weighted by Gasteiger charge is 2.20. The van der Waals surface area contributed by atoms with Crippen molar-refractivity contribution in [2.45, 2.75) is 32.1 Å². The molecule has 1 rings (SSSR count). The lowest BCUT2D eigenvalue weighted by Crippen LogP contribution is -2.21. The largest absolute Gasteiger partial charge is 0.481 e. The lowest BCUT2D eigenvalue weighted by molar-refractivity contribution is -0.137. The number of ether oxygens (including phenoxy) is 1. The van der Waals surface area contributed by atoms with Gasteiger partial charge in [-0.05, 0) is 38.1 Å². The predicted molar refractivity (Wildman–Crippen MR) is 57.9 cm³/mol. The molecule has 4 nitrogen and oxygen atoms in total. The number of carboxylic acids is 1. The molecular formula is C11H21NO3. The Hall–Kier alpha value is -0.610. The van der Waals surface area contributed by atoms with Crippen LogP contribution in [0.4, 0.5) is 0 Å². The summed E-state index contributed by atoms with van der Waals surface area (Å²) in [5.41, 5.74) is 0. The number of hydrogen-bond acceptors (Lipinski definition) is 3. The minimum Gasteiger partial charge on any atom is -0.481 e. The molecule has 0 aromatic heterocycles. The third-order valence-electron chi connectivity index (χ3n) is 2.47. The monoisotopic (exact) mass is 215 g/mol. The Morgan fingerprint density at radius 2 is 2.13 bits per heavy atom. The van der Waals surface area contributed by atoms with E-state index in [9.17, 15) is 4.79 Å². The Kier molecular flexibility index (Phi) is 6.36. The summed E-state index contributed by atoms with van der Waals surface area (Å²) in [5.74, 6) is 0.128. The molecule has 88 valence electrons. The predicted octanol–water partition coefficient (Wildman–Crippen LogP) is 1.26. The SMILES string of the molecule is O=C(O)CCCCNCCOCC1CC1. The number of carboxylic acid groups (broad SMARTS) is 1. The highest BCUT2D eigenvalue weighted by Crippen LogP contribution is 2.28. The van der Waals surface area contributed by atoms with Gasteiger partial charge < -0.3 is 15.2 Å². The van der Waals surface area contributed by atoms with Crippen LogP contribution in [0.15, 0.2) is 0 Å². The van der Waals surface area contributed by atoms with Gasteiger partial charge in [0, 0.05) is 19.6 Å². The standard InChI is InChI=1S/C11H21NO3/c13-11(14)3-1-2-6-12-7-8-15-9-10-4-5-10/h10,12H,1-9H2,(H,13,14). The molecule has 0 spiro atoms. The summed E-state index contributed by atoms with van der Waals surface area (Å²) in [7, 11) is 0. The molecule has 4 heteroatoms. The zero-order valence-corrected chi connectivity index (χ0v) is 9.21. The summed E-state index contributed by atoms with van der Waals surface area (Å²) in [6.07, 6.45) is 4.63. The van der Waals surface area contributed by atoms with Crippen molar-refractivity contribution in [3.05, 3.63) is 0 Å². The average molecular weight is 215 g/mol. The van der Waals surface area contributed by atoms with E-state index < -0.39 is 5.97 Å². The average Bonchev–Trinajstić information content (AvgIpc) is 2.98. The molecule has 0 amide bonds. The van der Waals surface area contributed by atoms with E-state index in [0.29, 0.717) is 0 Å². The normalized spacial score (nSPS) is 15.5. The second-order valence-corrected chi connectivity index (χ2v) is 4.12. The summed E-state index contributed by atoms with van der Waals surface area (Å²) >= 11 is 0. The highest BCUT2D eigenvalue weighted by molar-refractivity contribution is 5.66. The van der Waals surface area contributed by atoms with Crippen molar-refractivity contribution in [3.8, 4) is 0 Å². The van der Waals surface area contributed by atoms with Crippen LogP contribution in [0.2, 0.25) is 0 Å². The van der Waals surface area contributed by atoms with E-state index in [1.807, 2.05) is 0 Å². The molecule has 1 aliphatic carbocycles. The van der Waals surface area contributed by atoms with Crippen LogP contribution in [-0.2, 0) is 9.53 Å². The summed E-state index contributed by atoms with van der Waals surface area (Å²) in [4.78, 5) is 10.2. The minimum atomic E-state index is -0.706. The van der Waals surface area contributed by atoms with Crippen molar-refractivity contribution in [1.82, 2.24) is 5.32 Å². The van der Waals surface area contributed by atoms with Crippen molar-refractivity contribution < 1.29 is 14.6 Å². The molecule has 0 aromatic carbocycles. The molecule has 0 bridgehead atoms. The third kappa shape index (κ3) is 8.39. The van der Waals surface area contributed by atoms with Gasteiger partial charge >= 0.3 is 5.97 Å². The lowest BCUT2D eigenvalue weighted by atomic mass is 10.2. The summed E-state index contributed by atoms with van der Waals surface area (Å²) < 4.78 is 5.45. The molecule has 2 N–H and O–H groups in total. The molecule has 15 heavy (non-hydrogen) atoms. The van der Waals surface area contributed by atoms with Crippen LogP contribution in [0.25, 0.3) is 0 Å². The van der Waals surface area contributed by atoms with E-state index in [2.05, 4.69) is 5.32 Å². The summed E-state index contributed by atoms with van der Waals surface area (Å²) in [5, 5.41) is 11.6. The van der Waals surface area contributed by atoms with Crippen LogP contribution in [0.1, 0.15) is 32.1 Å². The number of unbranched alkanes of at least 4 members (excludes halogenated alkanes) is 1. The second-order valence-electron chi connectivity index (χ2n) is 4.12. The van der Waals surface area contributed by atoms with E-state index >= 15 is 0 Å². The van der Waals surface area contributed by atoms with Crippen LogP contribution in [0.3, 0.4) is 0 Å². The molecule has 0 aromatic rings. The molecular weight excluding hydrogens is 194 g/mol. The molecule has 0 radical (unpaired) electrons. The second kappa shape index (κ2) is 7.65. The first kappa shape index (κ1) is 12.5. The lowest BCUT2D eigenvalue weighted by Gasteiger charge is -2.04. The number of nitrogens with one attached hydrogen (secondary N) is 1. The van der Waals surface area contributed by atoms with Crippen molar-refractivity contribution in [2.75, 3.05) is 26.3 Å². The van der Waals surface area contributed by atoms with Crippen LogP contribution >= 0.6 is 0 Å². The van der Waals surface area contributed by atoms with E-state index in [4.69, 9.17) is 9.84 Å².